The van der Waals surface area contributed by atoms with Crippen LogP contribution >= 0.6 is 0 Å². The minimum atomic E-state index is 0.880. The zero-order chi connectivity index (χ0) is 13.8. The van der Waals surface area contributed by atoms with Crippen molar-refractivity contribution in [3.8, 4) is 0 Å². The van der Waals surface area contributed by atoms with Gasteiger partial charge in [-0.15, -0.1) is 0 Å². The quantitative estimate of drug-likeness (QED) is 0.351. The van der Waals surface area contributed by atoms with Crippen LogP contribution in [0, 0.1) is 5.92 Å². The lowest BCUT2D eigenvalue weighted by molar-refractivity contribution is 0.505. The molecule has 0 rings (SSSR count). The fourth-order valence-electron chi connectivity index (χ4n) is 2.91. The van der Waals surface area contributed by atoms with Gasteiger partial charge >= 0.3 is 0 Å². The molecule has 0 nitrogen and oxygen atoms in total. The molecule has 0 amide bonds. The van der Waals surface area contributed by atoms with Gasteiger partial charge in [-0.2, -0.15) is 0 Å². The van der Waals surface area contributed by atoms with Gasteiger partial charge in [0.05, 0.1) is 0 Å². The molecule has 18 heavy (non-hydrogen) atoms. The van der Waals surface area contributed by atoms with E-state index in [0.29, 0.717) is 0 Å². The highest BCUT2D eigenvalue weighted by Crippen LogP contribution is 2.28. The third kappa shape index (κ3) is 7.95. The Kier molecular flexibility index (Phi) is 11.6. The molecule has 0 aliphatic heterocycles. The van der Waals surface area contributed by atoms with Gasteiger partial charge in [-0.25, -0.2) is 0 Å². The molecule has 0 bridgehead atoms. The first-order valence-corrected chi connectivity index (χ1v) is 8.39. The number of unbranched alkanes of at least 4 members (excludes halogenated alkanes) is 1. The van der Waals surface area contributed by atoms with Crippen LogP contribution in [-0.2, 0) is 0 Å². The van der Waals surface area contributed by atoms with Crippen LogP contribution in [0.1, 0.15) is 98.8 Å². The summed E-state index contributed by atoms with van der Waals surface area (Å²) in [4.78, 5) is 0. The zero-order valence-electron chi connectivity index (χ0n) is 13.6. The van der Waals surface area contributed by atoms with Crippen LogP contribution in [0.15, 0.2) is 11.1 Å². The summed E-state index contributed by atoms with van der Waals surface area (Å²) >= 11 is 0. The SMILES string of the molecule is CCCC/C(CCC)=C(\CCC)CC(C)CCC. The molecular formula is C18H36. The van der Waals surface area contributed by atoms with Crippen LogP contribution in [0.3, 0.4) is 0 Å². The standard InChI is InChI=1S/C18H36/c1-6-10-14-17(12-8-3)18(13-9-4)15-16(5)11-7-2/h16H,6-15H2,1-5H3/b18-17+. The van der Waals surface area contributed by atoms with E-state index in [2.05, 4.69) is 34.6 Å². The highest BCUT2D eigenvalue weighted by Gasteiger charge is 2.10. The molecule has 0 N–H and O–H groups in total. The maximum absolute atomic E-state index is 2.43. The van der Waals surface area contributed by atoms with E-state index >= 15 is 0 Å². The van der Waals surface area contributed by atoms with Crippen molar-refractivity contribution in [1.29, 1.82) is 0 Å². The summed E-state index contributed by atoms with van der Waals surface area (Å²) in [6.07, 6.45) is 13.5. The lowest BCUT2D eigenvalue weighted by atomic mass is 9.88. The largest absolute Gasteiger partial charge is 0.0710 e. The van der Waals surface area contributed by atoms with Crippen molar-refractivity contribution in [3.05, 3.63) is 11.1 Å². The van der Waals surface area contributed by atoms with Crippen LogP contribution in [0.25, 0.3) is 0 Å². The van der Waals surface area contributed by atoms with Crippen molar-refractivity contribution < 1.29 is 0 Å². The molecule has 1 atom stereocenters. The molecule has 0 radical (unpaired) electrons. The normalized spacial score (nSPS) is 14.5. The smallest absolute Gasteiger partial charge is 0.0292 e. The molecule has 0 aromatic heterocycles. The van der Waals surface area contributed by atoms with Crippen molar-refractivity contribution in [2.75, 3.05) is 0 Å². The minimum Gasteiger partial charge on any atom is -0.0710 e. The highest BCUT2D eigenvalue weighted by atomic mass is 14.2. The van der Waals surface area contributed by atoms with Crippen molar-refractivity contribution in [2.24, 2.45) is 5.92 Å². The van der Waals surface area contributed by atoms with Crippen molar-refractivity contribution in [3.63, 3.8) is 0 Å². The molecule has 0 saturated carbocycles. The van der Waals surface area contributed by atoms with E-state index in [9.17, 15) is 0 Å². The predicted octanol–water partition coefficient (Wildman–Crippen LogP) is 6.90. The second-order valence-electron chi connectivity index (χ2n) is 5.91. The van der Waals surface area contributed by atoms with E-state index in [1.54, 1.807) is 0 Å². The van der Waals surface area contributed by atoms with Crippen molar-refractivity contribution in [2.45, 2.75) is 98.8 Å². The Morgan fingerprint density at radius 2 is 1.33 bits per heavy atom. The Morgan fingerprint density at radius 1 is 0.722 bits per heavy atom. The molecule has 0 aromatic rings. The summed E-state index contributed by atoms with van der Waals surface area (Å²) in [5, 5.41) is 0. The third-order valence-electron chi connectivity index (χ3n) is 3.81. The topological polar surface area (TPSA) is 0 Å². The average Bonchev–Trinajstić information content (AvgIpc) is 2.34. The van der Waals surface area contributed by atoms with Gasteiger partial charge in [0.1, 0.15) is 0 Å². The van der Waals surface area contributed by atoms with Crippen LogP contribution < -0.4 is 0 Å². The van der Waals surface area contributed by atoms with Gasteiger partial charge in [0.25, 0.3) is 0 Å². The molecule has 0 saturated heterocycles. The van der Waals surface area contributed by atoms with Crippen molar-refractivity contribution in [1.82, 2.24) is 0 Å². The van der Waals surface area contributed by atoms with E-state index in [1.807, 2.05) is 11.1 Å². The van der Waals surface area contributed by atoms with Gasteiger partial charge in [0.15, 0.2) is 0 Å². The van der Waals surface area contributed by atoms with Gasteiger partial charge in [0, 0.05) is 0 Å². The zero-order valence-corrected chi connectivity index (χ0v) is 13.6. The molecule has 0 spiro atoms. The van der Waals surface area contributed by atoms with Crippen LogP contribution in [0.5, 0.6) is 0 Å². The minimum absolute atomic E-state index is 0.880. The summed E-state index contributed by atoms with van der Waals surface area (Å²) in [5.74, 6) is 0.880. The molecule has 0 heterocycles. The molecule has 0 aliphatic rings. The van der Waals surface area contributed by atoms with E-state index in [4.69, 9.17) is 0 Å². The summed E-state index contributed by atoms with van der Waals surface area (Å²) in [6, 6.07) is 0. The summed E-state index contributed by atoms with van der Waals surface area (Å²) < 4.78 is 0. The van der Waals surface area contributed by atoms with Gasteiger partial charge in [-0.1, -0.05) is 77.9 Å². The second-order valence-corrected chi connectivity index (χ2v) is 5.91. The third-order valence-corrected chi connectivity index (χ3v) is 3.81. The Labute approximate surface area is 116 Å². The first kappa shape index (κ1) is 17.7. The van der Waals surface area contributed by atoms with E-state index in [1.165, 1.54) is 64.2 Å². The second kappa shape index (κ2) is 11.8. The molecule has 0 aliphatic carbocycles. The Morgan fingerprint density at radius 3 is 1.83 bits per heavy atom. The first-order chi connectivity index (χ1) is 8.69. The fourth-order valence-corrected chi connectivity index (χ4v) is 2.91. The lowest BCUT2D eigenvalue weighted by Gasteiger charge is -2.18. The summed E-state index contributed by atoms with van der Waals surface area (Å²) in [5.41, 5.74) is 3.62. The van der Waals surface area contributed by atoms with Gasteiger partial charge in [-0.05, 0) is 38.0 Å². The first-order valence-electron chi connectivity index (χ1n) is 8.39. The highest BCUT2D eigenvalue weighted by molar-refractivity contribution is 5.15. The van der Waals surface area contributed by atoms with Crippen molar-refractivity contribution >= 4 is 0 Å². The monoisotopic (exact) mass is 252 g/mol. The number of hydrogen-bond donors (Lipinski definition) is 0. The Hall–Kier alpha value is -0.260. The van der Waals surface area contributed by atoms with E-state index < -0.39 is 0 Å². The van der Waals surface area contributed by atoms with Gasteiger partial charge in [0.2, 0.25) is 0 Å². The van der Waals surface area contributed by atoms with Gasteiger partial charge in [-0.3, -0.25) is 0 Å². The maximum Gasteiger partial charge on any atom is -0.0292 e. The fraction of sp³-hybridized carbons (Fsp3) is 0.889. The van der Waals surface area contributed by atoms with E-state index in [0.717, 1.165) is 5.92 Å². The Bertz CT molecular complexity index is 212. The number of rotatable bonds is 11. The van der Waals surface area contributed by atoms with Crippen LogP contribution in [0.4, 0.5) is 0 Å². The molecule has 108 valence electrons. The number of hydrogen-bond acceptors (Lipinski definition) is 0. The molecule has 1 unspecified atom stereocenters. The summed E-state index contributed by atoms with van der Waals surface area (Å²) in [6.45, 7) is 11.7. The van der Waals surface area contributed by atoms with Gasteiger partial charge < -0.3 is 0 Å². The lowest BCUT2D eigenvalue weighted by Crippen LogP contribution is -2.01. The molecule has 0 heteroatoms. The van der Waals surface area contributed by atoms with Crippen LogP contribution in [0.2, 0.25) is 0 Å². The van der Waals surface area contributed by atoms with Crippen LogP contribution in [-0.4, -0.2) is 0 Å². The Balaban J connectivity index is 4.69. The molecule has 0 fully saturated rings. The summed E-state index contributed by atoms with van der Waals surface area (Å²) in [7, 11) is 0. The maximum atomic E-state index is 2.43. The predicted molar refractivity (Wildman–Crippen MR) is 85.1 cm³/mol. The molecule has 0 aromatic carbocycles. The van der Waals surface area contributed by atoms with E-state index in [-0.39, 0.29) is 0 Å². The number of allylic oxidation sites excluding steroid dienone is 2. The molecular weight excluding hydrogens is 216 g/mol. The average molecular weight is 252 g/mol.